The van der Waals surface area contributed by atoms with E-state index >= 15 is 0 Å². The molecule has 0 atom stereocenters. The molecule has 1 aromatic carbocycles. The molecule has 9 nitrogen and oxygen atoms in total. The molecular formula is C18H20N4O5. The molecule has 1 aliphatic carbocycles. The van der Waals surface area contributed by atoms with Crippen LogP contribution in [0.1, 0.15) is 36.0 Å². The predicted octanol–water partition coefficient (Wildman–Crippen LogP) is 0.718. The Morgan fingerprint density at radius 1 is 1.04 bits per heavy atom. The van der Waals surface area contributed by atoms with Gasteiger partial charge >= 0.3 is 17.8 Å². The number of amides is 6. The Balaban J connectivity index is 1.63. The van der Waals surface area contributed by atoms with Crippen molar-refractivity contribution < 1.29 is 24.0 Å². The van der Waals surface area contributed by atoms with E-state index in [1.165, 1.54) is 31.3 Å². The molecule has 1 saturated heterocycles. The van der Waals surface area contributed by atoms with Gasteiger partial charge in [-0.3, -0.25) is 24.1 Å². The van der Waals surface area contributed by atoms with Crippen molar-refractivity contribution in [3.05, 3.63) is 29.8 Å². The van der Waals surface area contributed by atoms with Crippen molar-refractivity contribution >= 4 is 35.3 Å². The SMILES string of the molecule is CNC(=O)c1ccc(NC(=O)CN2C(=O)C(=O)N(C3CCCC3)C2=O)cc1. The first-order valence-corrected chi connectivity index (χ1v) is 8.73. The molecule has 1 heterocycles. The summed E-state index contributed by atoms with van der Waals surface area (Å²) in [7, 11) is 1.51. The molecule has 0 spiro atoms. The third-order valence-corrected chi connectivity index (χ3v) is 4.73. The molecule has 2 fully saturated rings. The molecule has 9 heteroatoms. The molecule has 27 heavy (non-hydrogen) atoms. The van der Waals surface area contributed by atoms with E-state index in [1.54, 1.807) is 0 Å². The summed E-state index contributed by atoms with van der Waals surface area (Å²) in [6.45, 7) is -0.538. The van der Waals surface area contributed by atoms with Gasteiger partial charge in [0.15, 0.2) is 0 Å². The first kappa shape index (κ1) is 18.6. The van der Waals surface area contributed by atoms with Gasteiger partial charge in [-0.25, -0.2) is 9.69 Å². The zero-order chi connectivity index (χ0) is 19.6. The Kier molecular flexibility index (Phi) is 5.20. The Morgan fingerprint density at radius 2 is 1.67 bits per heavy atom. The fourth-order valence-corrected chi connectivity index (χ4v) is 3.34. The number of carbonyl (C=O) groups is 5. The Morgan fingerprint density at radius 3 is 2.26 bits per heavy atom. The van der Waals surface area contributed by atoms with Gasteiger partial charge in [0.05, 0.1) is 0 Å². The lowest BCUT2D eigenvalue weighted by molar-refractivity contribution is -0.144. The minimum absolute atomic E-state index is 0.258. The van der Waals surface area contributed by atoms with E-state index < -0.39 is 30.3 Å². The van der Waals surface area contributed by atoms with Gasteiger partial charge in [-0.2, -0.15) is 0 Å². The number of hydrogen-bond acceptors (Lipinski definition) is 5. The summed E-state index contributed by atoms with van der Waals surface area (Å²) in [6, 6.07) is 5.14. The summed E-state index contributed by atoms with van der Waals surface area (Å²) in [5.41, 5.74) is 0.837. The smallest absolute Gasteiger partial charge is 0.334 e. The first-order chi connectivity index (χ1) is 12.9. The summed E-state index contributed by atoms with van der Waals surface area (Å²) in [4.78, 5) is 62.0. The highest BCUT2D eigenvalue weighted by Gasteiger charge is 2.48. The summed E-state index contributed by atoms with van der Waals surface area (Å²) in [5, 5.41) is 5.03. The average Bonchev–Trinajstić information content (AvgIpc) is 3.25. The molecule has 0 radical (unpaired) electrons. The summed E-state index contributed by atoms with van der Waals surface area (Å²) in [5.74, 6) is -2.70. The summed E-state index contributed by atoms with van der Waals surface area (Å²) in [6.07, 6.45) is 3.18. The van der Waals surface area contributed by atoms with Gasteiger partial charge in [0.25, 0.3) is 5.91 Å². The van der Waals surface area contributed by atoms with E-state index in [2.05, 4.69) is 10.6 Å². The van der Waals surface area contributed by atoms with Gasteiger partial charge < -0.3 is 10.6 Å². The molecule has 0 unspecified atom stereocenters. The number of rotatable bonds is 5. The van der Waals surface area contributed by atoms with Crippen LogP contribution in [-0.4, -0.2) is 59.1 Å². The van der Waals surface area contributed by atoms with Gasteiger partial charge in [0.1, 0.15) is 6.54 Å². The lowest BCUT2D eigenvalue weighted by Gasteiger charge is -2.20. The van der Waals surface area contributed by atoms with Gasteiger partial charge in [-0.05, 0) is 37.1 Å². The normalized spacial score (nSPS) is 17.6. The van der Waals surface area contributed by atoms with E-state index in [0.717, 1.165) is 17.7 Å². The third-order valence-electron chi connectivity index (χ3n) is 4.73. The van der Waals surface area contributed by atoms with Crippen LogP contribution >= 0.6 is 0 Å². The number of benzene rings is 1. The maximum Gasteiger partial charge on any atom is 0.334 e. The molecule has 1 aliphatic heterocycles. The number of anilines is 1. The van der Waals surface area contributed by atoms with Gasteiger partial charge in [0.2, 0.25) is 5.91 Å². The van der Waals surface area contributed by atoms with Crippen molar-refractivity contribution in [1.29, 1.82) is 0 Å². The standard InChI is InChI=1S/C18H20N4O5/c1-19-15(24)11-6-8-12(9-7-11)20-14(23)10-21-16(25)17(26)22(18(21)27)13-4-2-3-5-13/h6-9,13H,2-5,10H2,1H3,(H,19,24)(H,20,23). The predicted molar refractivity (Wildman–Crippen MR) is 94.7 cm³/mol. The monoisotopic (exact) mass is 372 g/mol. The van der Waals surface area contributed by atoms with E-state index in [4.69, 9.17) is 0 Å². The van der Waals surface area contributed by atoms with E-state index in [0.29, 0.717) is 29.0 Å². The lowest BCUT2D eigenvalue weighted by Crippen LogP contribution is -2.41. The Labute approximate surface area is 155 Å². The fraction of sp³-hybridized carbons (Fsp3) is 0.389. The molecule has 6 amide bonds. The minimum Gasteiger partial charge on any atom is -0.355 e. The Hall–Kier alpha value is -3.23. The fourth-order valence-electron chi connectivity index (χ4n) is 3.34. The molecule has 3 rings (SSSR count). The molecule has 0 bridgehead atoms. The van der Waals surface area contributed by atoms with Crippen LogP contribution in [0, 0.1) is 0 Å². The number of nitrogens with one attached hydrogen (secondary N) is 2. The number of carbonyl (C=O) groups excluding carboxylic acids is 5. The van der Waals surface area contributed by atoms with Crippen LogP contribution < -0.4 is 10.6 Å². The van der Waals surface area contributed by atoms with Crippen molar-refractivity contribution in [2.24, 2.45) is 0 Å². The van der Waals surface area contributed by atoms with Crippen LogP contribution in [-0.2, 0) is 14.4 Å². The second kappa shape index (κ2) is 7.56. The Bertz CT molecular complexity index is 798. The maximum atomic E-state index is 12.4. The molecule has 1 aromatic rings. The zero-order valence-electron chi connectivity index (χ0n) is 14.9. The topological polar surface area (TPSA) is 116 Å². The van der Waals surface area contributed by atoms with Crippen molar-refractivity contribution in [2.45, 2.75) is 31.7 Å². The second-order valence-corrected chi connectivity index (χ2v) is 6.49. The van der Waals surface area contributed by atoms with Crippen molar-refractivity contribution in [3.63, 3.8) is 0 Å². The largest absolute Gasteiger partial charge is 0.355 e. The summed E-state index contributed by atoms with van der Waals surface area (Å²) < 4.78 is 0. The van der Waals surface area contributed by atoms with E-state index in [-0.39, 0.29) is 11.9 Å². The third kappa shape index (κ3) is 3.67. The van der Waals surface area contributed by atoms with E-state index in [9.17, 15) is 24.0 Å². The minimum atomic E-state index is -0.975. The second-order valence-electron chi connectivity index (χ2n) is 6.49. The number of hydrogen-bond donors (Lipinski definition) is 2. The van der Waals surface area contributed by atoms with Crippen LogP contribution in [0.3, 0.4) is 0 Å². The van der Waals surface area contributed by atoms with Gasteiger partial charge in [0, 0.05) is 24.3 Å². The van der Waals surface area contributed by atoms with Gasteiger partial charge in [-0.15, -0.1) is 0 Å². The van der Waals surface area contributed by atoms with Crippen LogP contribution in [0.4, 0.5) is 10.5 Å². The molecule has 2 aliphatic rings. The van der Waals surface area contributed by atoms with Crippen LogP contribution in [0.2, 0.25) is 0 Å². The first-order valence-electron chi connectivity index (χ1n) is 8.73. The zero-order valence-corrected chi connectivity index (χ0v) is 14.9. The van der Waals surface area contributed by atoms with Crippen molar-refractivity contribution in [3.8, 4) is 0 Å². The number of nitrogens with zero attached hydrogens (tertiary/aromatic N) is 2. The molecule has 1 saturated carbocycles. The molecule has 0 aromatic heterocycles. The number of urea groups is 1. The highest BCUT2D eigenvalue weighted by atomic mass is 16.2. The quantitative estimate of drug-likeness (QED) is 0.584. The van der Waals surface area contributed by atoms with Crippen LogP contribution in [0.25, 0.3) is 0 Å². The highest BCUT2D eigenvalue weighted by Crippen LogP contribution is 2.27. The maximum absolute atomic E-state index is 12.4. The van der Waals surface area contributed by atoms with Crippen molar-refractivity contribution in [2.75, 3.05) is 18.9 Å². The highest BCUT2D eigenvalue weighted by molar-refractivity contribution is 6.45. The lowest BCUT2D eigenvalue weighted by atomic mass is 10.2. The summed E-state index contributed by atoms with van der Waals surface area (Å²) >= 11 is 0. The van der Waals surface area contributed by atoms with Crippen molar-refractivity contribution in [1.82, 2.24) is 15.1 Å². The molecule has 142 valence electrons. The average molecular weight is 372 g/mol. The van der Waals surface area contributed by atoms with Crippen LogP contribution in [0.5, 0.6) is 0 Å². The number of imide groups is 2. The van der Waals surface area contributed by atoms with Crippen LogP contribution in [0.15, 0.2) is 24.3 Å². The molecular weight excluding hydrogens is 352 g/mol. The van der Waals surface area contributed by atoms with E-state index in [1.807, 2.05) is 0 Å². The van der Waals surface area contributed by atoms with Gasteiger partial charge in [-0.1, -0.05) is 12.8 Å². The molecule has 2 N–H and O–H groups in total.